The van der Waals surface area contributed by atoms with Crippen LogP contribution in [0.1, 0.15) is 24.2 Å². The van der Waals surface area contributed by atoms with Gasteiger partial charge in [-0.25, -0.2) is 0 Å². The summed E-state index contributed by atoms with van der Waals surface area (Å²) in [7, 11) is 0. The van der Waals surface area contributed by atoms with Gasteiger partial charge >= 0.3 is 0 Å². The lowest BCUT2D eigenvalue weighted by atomic mass is 10.1. The molecule has 2 aliphatic rings. The highest BCUT2D eigenvalue weighted by Gasteiger charge is 2.42. The van der Waals surface area contributed by atoms with E-state index in [1.54, 1.807) is 4.90 Å². The van der Waals surface area contributed by atoms with Crippen molar-refractivity contribution in [1.82, 2.24) is 19.9 Å². The van der Waals surface area contributed by atoms with Crippen LogP contribution < -0.4 is 0 Å². The standard InChI is InChI=1S/C17H18N4O3/c1-11-4-6-12(7-5-11)16-18-14(19-24-16)9-20-10-15(22)21-8-2-3-13(21)17(20)23/h4-7,13H,2-3,8-10H2,1H3/t13-/m0/s1. The lowest BCUT2D eigenvalue weighted by Gasteiger charge is -2.35. The van der Waals surface area contributed by atoms with Gasteiger partial charge in [-0.3, -0.25) is 9.59 Å². The fourth-order valence-electron chi connectivity index (χ4n) is 3.30. The summed E-state index contributed by atoms with van der Waals surface area (Å²) in [5.74, 6) is 0.814. The van der Waals surface area contributed by atoms with E-state index in [0.717, 1.165) is 24.0 Å². The first-order valence-corrected chi connectivity index (χ1v) is 8.10. The van der Waals surface area contributed by atoms with Gasteiger partial charge in [0.25, 0.3) is 5.89 Å². The first-order chi connectivity index (χ1) is 11.6. The van der Waals surface area contributed by atoms with Crippen LogP contribution in [0, 0.1) is 6.92 Å². The number of amides is 2. The maximum Gasteiger partial charge on any atom is 0.257 e. The maximum absolute atomic E-state index is 12.5. The van der Waals surface area contributed by atoms with Gasteiger partial charge in [0.05, 0.1) is 6.54 Å². The highest BCUT2D eigenvalue weighted by atomic mass is 16.5. The Kier molecular flexibility index (Phi) is 3.55. The van der Waals surface area contributed by atoms with E-state index in [1.165, 1.54) is 4.90 Å². The van der Waals surface area contributed by atoms with Crippen molar-refractivity contribution in [1.29, 1.82) is 0 Å². The van der Waals surface area contributed by atoms with Crippen LogP contribution >= 0.6 is 0 Å². The first kappa shape index (κ1) is 14.9. The van der Waals surface area contributed by atoms with E-state index in [1.807, 2.05) is 31.2 Å². The van der Waals surface area contributed by atoms with Crippen molar-refractivity contribution in [3.63, 3.8) is 0 Å². The van der Waals surface area contributed by atoms with Gasteiger partial charge in [-0.15, -0.1) is 0 Å². The molecule has 2 aromatic rings. The molecule has 1 aromatic heterocycles. The molecule has 0 N–H and O–H groups in total. The molecule has 2 aliphatic heterocycles. The Bertz CT molecular complexity index is 783. The molecule has 0 bridgehead atoms. The van der Waals surface area contributed by atoms with Crippen molar-refractivity contribution >= 4 is 11.8 Å². The van der Waals surface area contributed by atoms with E-state index in [9.17, 15) is 9.59 Å². The fraction of sp³-hybridized carbons (Fsp3) is 0.412. The number of aryl methyl sites for hydroxylation is 1. The van der Waals surface area contributed by atoms with Crippen molar-refractivity contribution in [2.24, 2.45) is 0 Å². The van der Waals surface area contributed by atoms with Gasteiger partial charge in [0, 0.05) is 12.1 Å². The fourth-order valence-corrected chi connectivity index (χ4v) is 3.30. The van der Waals surface area contributed by atoms with E-state index < -0.39 is 0 Å². The van der Waals surface area contributed by atoms with E-state index in [0.29, 0.717) is 18.3 Å². The summed E-state index contributed by atoms with van der Waals surface area (Å²) in [5, 5.41) is 3.95. The predicted octanol–water partition coefficient (Wildman–Crippen LogP) is 1.38. The zero-order chi connectivity index (χ0) is 16.7. The average Bonchev–Trinajstić information content (AvgIpc) is 3.23. The molecule has 2 saturated heterocycles. The van der Waals surface area contributed by atoms with Crippen LogP contribution in [-0.2, 0) is 16.1 Å². The van der Waals surface area contributed by atoms with Gasteiger partial charge in [0.15, 0.2) is 5.82 Å². The second-order valence-electron chi connectivity index (χ2n) is 6.32. The third-order valence-corrected chi connectivity index (χ3v) is 4.59. The van der Waals surface area contributed by atoms with Crippen LogP contribution in [0.25, 0.3) is 11.5 Å². The van der Waals surface area contributed by atoms with Crippen LogP contribution in [0.3, 0.4) is 0 Å². The molecule has 0 spiro atoms. The molecule has 4 rings (SSSR count). The topological polar surface area (TPSA) is 79.5 Å². The largest absolute Gasteiger partial charge is 0.334 e. The van der Waals surface area contributed by atoms with Gasteiger partial charge in [-0.05, 0) is 31.9 Å². The van der Waals surface area contributed by atoms with E-state index in [4.69, 9.17) is 4.52 Å². The minimum Gasteiger partial charge on any atom is -0.334 e. The summed E-state index contributed by atoms with van der Waals surface area (Å²) >= 11 is 0. The Labute approximate surface area is 139 Å². The molecule has 1 atom stereocenters. The van der Waals surface area contributed by atoms with Crippen molar-refractivity contribution in [3.05, 3.63) is 35.7 Å². The maximum atomic E-state index is 12.5. The SMILES string of the molecule is Cc1ccc(-c2nc(CN3CC(=O)N4CCC[C@H]4C3=O)no2)cc1. The summed E-state index contributed by atoms with van der Waals surface area (Å²) < 4.78 is 5.29. The van der Waals surface area contributed by atoms with Crippen LogP contribution in [0.15, 0.2) is 28.8 Å². The summed E-state index contributed by atoms with van der Waals surface area (Å²) in [6.45, 7) is 2.98. The van der Waals surface area contributed by atoms with Gasteiger partial charge in [0.2, 0.25) is 11.8 Å². The summed E-state index contributed by atoms with van der Waals surface area (Å²) in [4.78, 5) is 32.2. The molecule has 124 valence electrons. The van der Waals surface area contributed by atoms with Gasteiger partial charge < -0.3 is 14.3 Å². The zero-order valence-electron chi connectivity index (χ0n) is 13.4. The number of hydrogen-bond donors (Lipinski definition) is 0. The highest BCUT2D eigenvalue weighted by molar-refractivity contribution is 5.95. The Balaban J connectivity index is 1.50. The van der Waals surface area contributed by atoms with Crippen molar-refractivity contribution in [2.75, 3.05) is 13.1 Å². The quantitative estimate of drug-likeness (QED) is 0.851. The van der Waals surface area contributed by atoms with Crippen molar-refractivity contribution < 1.29 is 14.1 Å². The number of rotatable bonds is 3. The van der Waals surface area contributed by atoms with E-state index >= 15 is 0 Å². The van der Waals surface area contributed by atoms with Crippen molar-refractivity contribution in [3.8, 4) is 11.5 Å². The van der Waals surface area contributed by atoms with Gasteiger partial charge in [-0.1, -0.05) is 22.9 Å². The lowest BCUT2D eigenvalue weighted by molar-refractivity contribution is -0.154. The smallest absolute Gasteiger partial charge is 0.257 e. The molecular weight excluding hydrogens is 308 g/mol. The number of carbonyl (C=O) groups excluding carboxylic acids is 2. The Hall–Kier alpha value is -2.70. The molecule has 3 heterocycles. The minimum atomic E-state index is -0.310. The number of piperazine rings is 1. The number of nitrogens with zero attached hydrogens (tertiary/aromatic N) is 4. The molecule has 7 heteroatoms. The molecule has 2 fully saturated rings. The summed E-state index contributed by atoms with van der Waals surface area (Å²) in [6.07, 6.45) is 1.62. The second kappa shape index (κ2) is 5.74. The lowest BCUT2D eigenvalue weighted by Crippen LogP contribution is -2.56. The van der Waals surface area contributed by atoms with Gasteiger partial charge in [-0.2, -0.15) is 4.98 Å². The summed E-state index contributed by atoms with van der Waals surface area (Å²) in [6, 6.07) is 7.47. The molecule has 24 heavy (non-hydrogen) atoms. The first-order valence-electron chi connectivity index (χ1n) is 8.10. The van der Waals surface area contributed by atoms with E-state index in [2.05, 4.69) is 10.1 Å². The molecule has 0 radical (unpaired) electrons. The monoisotopic (exact) mass is 326 g/mol. The molecule has 1 aromatic carbocycles. The van der Waals surface area contributed by atoms with E-state index in [-0.39, 0.29) is 30.9 Å². The van der Waals surface area contributed by atoms with Gasteiger partial charge in [0.1, 0.15) is 12.6 Å². The Morgan fingerprint density at radius 2 is 2.04 bits per heavy atom. The highest BCUT2D eigenvalue weighted by Crippen LogP contribution is 2.25. The zero-order valence-corrected chi connectivity index (χ0v) is 13.4. The third-order valence-electron chi connectivity index (χ3n) is 4.59. The van der Waals surface area contributed by atoms with Crippen LogP contribution in [0.4, 0.5) is 0 Å². The predicted molar refractivity (Wildman–Crippen MR) is 84.6 cm³/mol. The number of benzene rings is 1. The molecule has 0 saturated carbocycles. The Morgan fingerprint density at radius 1 is 1.25 bits per heavy atom. The second-order valence-corrected chi connectivity index (χ2v) is 6.32. The number of hydrogen-bond acceptors (Lipinski definition) is 5. The molecule has 2 amide bonds. The Morgan fingerprint density at radius 3 is 2.83 bits per heavy atom. The molecule has 0 aliphatic carbocycles. The number of aromatic nitrogens is 2. The molecular formula is C17H18N4O3. The van der Waals surface area contributed by atoms with Crippen LogP contribution in [0.5, 0.6) is 0 Å². The average molecular weight is 326 g/mol. The minimum absolute atomic E-state index is 0.000599. The number of fused-ring (bicyclic) bond motifs is 1. The van der Waals surface area contributed by atoms with Crippen LogP contribution in [0.2, 0.25) is 0 Å². The molecule has 7 nitrogen and oxygen atoms in total. The number of carbonyl (C=O) groups is 2. The van der Waals surface area contributed by atoms with Crippen molar-refractivity contribution in [2.45, 2.75) is 32.4 Å². The summed E-state index contributed by atoms with van der Waals surface area (Å²) in [5.41, 5.74) is 1.99. The molecule has 0 unspecified atom stereocenters. The normalized spacial score (nSPS) is 20.6. The van der Waals surface area contributed by atoms with Crippen LogP contribution in [-0.4, -0.2) is 50.9 Å². The third kappa shape index (κ3) is 2.55.